The summed E-state index contributed by atoms with van der Waals surface area (Å²) in [6.07, 6.45) is -3.77. The van der Waals surface area contributed by atoms with E-state index in [1.807, 2.05) is 0 Å². The molecule has 9 atom stereocenters. The highest BCUT2D eigenvalue weighted by molar-refractivity contribution is 8.55. The molecule has 0 amide bonds. The molecule has 2 unspecified atom stereocenters. The molecule has 0 radical (unpaired) electrons. The van der Waals surface area contributed by atoms with Gasteiger partial charge in [0.2, 0.25) is 0 Å². The van der Waals surface area contributed by atoms with Gasteiger partial charge in [0.05, 0.1) is 36.8 Å². The molecule has 0 spiro atoms. The largest absolute Gasteiger partial charge is 0.508 e. The Labute approximate surface area is 444 Å². The second-order valence-corrected chi connectivity index (χ2v) is 25.4. The van der Waals surface area contributed by atoms with Crippen molar-refractivity contribution in [1.82, 2.24) is 29.1 Å². The van der Waals surface area contributed by atoms with Crippen LogP contribution in [0.2, 0.25) is 0 Å². The Bertz CT molecular complexity index is 3520. The molecule has 6 heterocycles. The molecule has 400 valence electrons. The number of H-pyrrole nitrogens is 1. The molecule has 24 nitrogen and oxygen atoms in total. The van der Waals surface area contributed by atoms with Gasteiger partial charge in [0.15, 0.2) is 23.9 Å². The Morgan fingerprint density at radius 2 is 1.38 bits per heavy atom. The highest BCUT2D eigenvalue weighted by atomic mass is 32.7. The second kappa shape index (κ2) is 23.0. The molecule has 3 aliphatic rings. The number of carbonyl (C=O) groups excluding carboxylic acids is 3. The first-order valence-corrected chi connectivity index (χ1v) is 29.6. The summed E-state index contributed by atoms with van der Waals surface area (Å²) in [4.78, 5) is 77.1. The normalized spacial score (nSPS) is 25.4. The van der Waals surface area contributed by atoms with E-state index in [0.29, 0.717) is 23.0 Å². The van der Waals surface area contributed by atoms with E-state index < -0.39 is 93.0 Å². The number of hydrogen-bond acceptors (Lipinski definition) is 23. The van der Waals surface area contributed by atoms with Crippen LogP contribution < -0.4 is 26.5 Å². The minimum absolute atomic E-state index is 0.00659. The average molecular weight is 1130 g/mol. The molecular weight excluding hydrogens is 1080 g/mol. The smallest absolute Gasteiger partial charge is 0.389 e. The number of carbonyl (C=O) groups is 3. The third-order valence-electron chi connectivity index (χ3n) is 12.3. The van der Waals surface area contributed by atoms with Crippen LogP contribution in [0.1, 0.15) is 61.1 Å². The number of nitrogens with two attached hydrogens (primary N) is 1. The number of phenolic OH excluding ortho intramolecular Hbond substituents is 1. The van der Waals surface area contributed by atoms with E-state index in [9.17, 15) is 29.1 Å². The zero-order valence-corrected chi connectivity index (χ0v) is 43.6. The number of nitrogen functional groups attached to an aromatic ring is 1. The zero-order valence-electron chi connectivity index (χ0n) is 40.2. The molecule has 3 aliphatic heterocycles. The number of rotatable bonds is 14. The van der Waals surface area contributed by atoms with Crippen molar-refractivity contribution in [1.29, 1.82) is 0 Å². The number of anilines is 1. The van der Waals surface area contributed by atoms with Crippen LogP contribution in [0.15, 0.2) is 132 Å². The molecule has 3 saturated heterocycles. The molecule has 3 aromatic heterocycles. The van der Waals surface area contributed by atoms with Crippen molar-refractivity contribution in [3.05, 3.63) is 171 Å². The van der Waals surface area contributed by atoms with E-state index in [1.165, 1.54) is 79.1 Å². The van der Waals surface area contributed by atoms with Gasteiger partial charge in [0.25, 0.3) is 5.56 Å². The van der Waals surface area contributed by atoms with E-state index in [2.05, 4.69) is 19.9 Å². The molecule has 0 aliphatic carbocycles. The molecule has 4 N–H and O–H groups in total. The lowest BCUT2D eigenvalue weighted by Gasteiger charge is -2.29. The van der Waals surface area contributed by atoms with Gasteiger partial charge in [-0.3, -0.25) is 41.8 Å². The number of nitrogens with one attached hydrogen (secondary N) is 1. The summed E-state index contributed by atoms with van der Waals surface area (Å²) in [6.45, 7) is -9.76. The number of methoxy groups -OCH3 is 1. The number of hydrogen-bond donors (Lipinski definition) is 3. The molecule has 77 heavy (non-hydrogen) atoms. The minimum atomic E-state index is -4.43. The summed E-state index contributed by atoms with van der Waals surface area (Å²) in [5.74, 6) is -0.759. The summed E-state index contributed by atoms with van der Waals surface area (Å²) in [7, 11) is 1.39. The number of imidazole rings is 1. The van der Waals surface area contributed by atoms with Crippen LogP contribution in [0.5, 0.6) is 17.2 Å². The van der Waals surface area contributed by atoms with Crippen LogP contribution in [0.25, 0.3) is 11.2 Å². The standard InChI is InChI=1S/C49H45N7O17P2S2/c1-65-42-41-38(71-46(42)56-27-53-40-43(50)51-26-52-44(40)56)23-67-74(63,76-24-29-4-14-34(15-5-29)69-47(60)31-8-2-28(21-57)3-9-31)72-37-20-36(68-45(37)55-19-18-39(59)54-49(55)62)22-66-75(64,73-41)77-25-30-6-16-35(17-7-30)70-48(61)32-10-12-33(58)13-11-32/h2-19,21,26-27,36-38,41-42,45-46,58H,20,22-25H2,1H3,(H2,50,51,52)(H,54,59,62)/t36-,37+,38+,41+,42+,45+,46+,74?,75?/m0/s1. The third-order valence-corrected chi connectivity index (χ3v) is 19.6. The highest BCUT2D eigenvalue weighted by Crippen LogP contribution is 2.67. The predicted octanol–water partition coefficient (Wildman–Crippen LogP) is 7.02. The van der Waals surface area contributed by atoms with Crippen LogP contribution in [-0.2, 0) is 52.9 Å². The lowest BCUT2D eigenvalue weighted by atomic mass is 10.1. The van der Waals surface area contributed by atoms with E-state index in [1.54, 1.807) is 48.5 Å². The summed E-state index contributed by atoms with van der Waals surface area (Å²) in [5, 5.41) is 9.62. The number of aromatic hydroxyl groups is 1. The van der Waals surface area contributed by atoms with Crippen LogP contribution in [0.3, 0.4) is 0 Å². The van der Waals surface area contributed by atoms with Gasteiger partial charge in [-0.2, -0.15) is 0 Å². The van der Waals surface area contributed by atoms with Gasteiger partial charge in [0, 0.05) is 42.9 Å². The van der Waals surface area contributed by atoms with Gasteiger partial charge in [-0.05, 0) is 94.6 Å². The first-order chi connectivity index (χ1) is 37.1. The lowest BCUT2D eigenvalue weighted by molar-refractivity contribution is -0.0610. The first-order valence-electron chi connectivity index (χ1n) is 23.3. The van der Waals surface area contributed by atoms with Crippen LogP contribution in [0, 0.1) is 0 Å². The summed E-state index contributed by atoms with van der Waals surface area (Å²) in [5.41, 5.74) is 7.19. The number of aromatic nitrogens is 6. The van der Waals surface area contributed by atoms with E-state index in [0.717, 1.165) is 33.4 Å². The number of benzene rings is 4. The summed E-state index contributed by atoms with van der Waals surface area (Å²) < 4.78 is 89.0. The Balaban J connectivity index is 0.942. The fourth-order valence-corrected chi connectivity index (χ4v) is 15.2. The number of esters is 2. The van der Waals surface area contributed by atoms with E-state index in [4.69, 9.17) is 47.5 Å². The lowest BCUT2D eigenvalue weighted by Crippen LogP contribution is -2.37. The van der Waals surface area contributed by atoms with Crippen molar-refractivity contribution >= 4 is 71.6 Å². The monoisotopic (exact) mass is 1130 g/mol. The van der Waals surface area contributed by atoms with Crippen molar-refractivity contribution in [3.63, 3.8) is 0 Å². The SMILES string of the molecule is CO[C@@H]1[C@@H]2OP(=O)(SCc3ccc(OC(=O)c4ccc(O)cc4)cc3)OC[C@@H]3C[C@@H](OP(=O)(SCc4ccc(OC(=O)c5ccc(C=O)cc5)cc4)OC[C@H]2O[C@H]1n1cnc2c(N)ncnc21)[C@H](n1ccc(=O)[nH]c1=O)O3. The Morgan fingerprint density at radius 1 is 0.766 bits per heavy atom. The second-order valence-electron chi connectivity index (χ2n) is 17.4. The van der Waals surface area contributed by atoms with Crippen molar-refractivity contribution in [2.24, 2.45) is 0 Å². The van der Waals surface area contributed by atoms with Gasteiger partial charge in [-0.15, -0.1) is 0 Å². The molecular formula is C49H45N7O17P2S2. The quantitative estimate of drug-likeness (QED) is 0.0426. The highest BCUT2D eigenvalue weighted by Gasteiger charge is 2.53. The first kappa shape index (κ1) is 53.6. The molecule has 3 fully saturated rings. The van der Waals surface area contributed by atoms with Crippen molar-refractivity contribution in [2.75, 3.05) is 26.1 Å². The van der Waals surface area contributed by atoms with Crippen molar-refractivity contribution in [2.45, 2.75) is 60.9 Å². The molecule has 0 saturated carbocycles. The Kier molecular flexibility index (Phi) is 16.0. The maximum Gasteiger partial charge on any atom is 0.389 e. The number of nitrogens with zero attached hydrogens (tertiary/aromatic N) is 5. The summed E-state index contributed by atoms with van der Waals surface area (Å²) in [6, 6.07) is 25.4. The van der Waals surface area contributed by atoms with E-state index in [-0.39, 0.29) is 63.3 Å². The Hall–Kier alpha value is -6.80. The predicted molar refractivity (Wildman–Crippen MR) is 276 cm³/mol. The fourth-order valence-electron chi connectivity index (χ4n) is 8.38. The molecule has 28 heteroatoms. The van der Waals surface area contributed by atoms with Gasteiger partial charge < -0.3 is 34.5 Å². The molecule has 7 aromatic rings. The third kappa shape index (κ3) is 12.3. The topological polar surface area (TPSA) is 313 Å². The van der Waals surface area contributed by atoms with E-state index >= 15 is 9.13 Å². The maximum absolute atomic E-state index is 15.4. The molecule has 4 aromatic carbocycles. The van der Waals surface area contributed by atoms with Crippen LogP contribution in [0.4, 0.5) is 5.82 Å². The maximum atomic E-state index is 15.4. The Morgan fingerprint density at radius 3 is 1.99 bits per heavy atom. The number of ether oxygens (including phenoxy) is 5. The van der Waals surface area contributed by atoms with Gasteiger partial charge in [-0.25, -0.2) is 38.5 Å². The van der Waals surface area contributed by atoms with Crippen LogP contribution >= 0.6 is 36.4 Å². The molecule has 10 rings (SSSR count). The van der Waals surface area contributed by atoms with Gasteiger partial charge >= 0.3 is 31.2 Å². The number of aldehydes is 1. The van der Waals surface area contributed by atoms with Gasteiger partial charge in [0.1, 0.15) is 59.8 Å². The van der Waals surface area contributed by atoms with Crippen LogP contribution in [-0.4, -0.2) is 103 Å². The van der Waals surface area contributed by atoms with Gasteiger partial charge in [-0.1, -0.05) is 36.4 Å². The minimum Gasteiger partial charge on any atom is -0.508 e. The van der Waals surface area contributed by atoms with Crippen molar-refractivity contribution < 1.29 is 70.4 Å². The fraction of sp³-hybridized carbons (Fsp3) is 0.265. The number of aromatic amines is 1. The van der Waals surface area contributed by atoms with Crippen molar-refractivity contribution in [3.8, 4) is 17.2 Å². The average Bonchev–Trinajstić information content (AvgIpc) is 4.21. The molecule has 2 bridgehead atoms. The summed E-state index contributed by atoms with van der Waals surface area (Å²) >= 11 is 1.62. The number of fused-ring (bicyclic) bond motifs is 4. The number of phenols is 1. The zero-order chi connectivity index (χ0) is 53.8.